The lowest BCUT2D eigenvalue weighted by molar-refractivity contribution is 0.102. The summed E-state index contributed by atoms with van der Waals surface area (Å²) in [7, 11) is 1.62. The molecule has 3 rings (SSSR count). The van der Waals surface area contributed by atoms with Gasteiger partial charge in [0.05, 0.1) is 19.1 Å². The summed E-state index contributed by atoms with van der Waals surface area (Å²) >= 11 is 0. The van der Waals surface area contributed by atoms with Crippen LogP contribution in [0.3, 0.4) is 0 Å². The number of amides is 1. The molecule has 0 atom stereocenters. The molecule has 0 unspecified atom stereocenters. The molecule has 0 aliphatic heterocycles. The van der Waals surface area contributed by atoms with Crippen molar-refractivity contribution in [3.05, 3.63) is 65.8 Å². The van der Waals surface area contributed by atoms with Crippen molar-refractivity contribution in [3.63, 3.8) is 0 Å². The first-order valence-corrected chi connectivity index (χ1v) is 6.91. The first kappa shape index (κ1) is 14.7. The Balaban J connectivity index is 1.64. The lowest BCUT2D eigenvalue weighted by Gasteiger charge is -2.01. The lowest BCUT2D eigenvalue weighted by Crippen LogP contribution is -2.12. The van der Waals surface area contributed by atoms with Gasteiger partial charge in [0.25, 0.3) is 5.91 Å². The zero-order chi connectivity index (χ0) is 16.1. The summed E-state index contributed by atoms with van der Waals surface area (Å²) in [5, 5.41) is 10.3. The Morgan fingerprint density at radius 3 is 2.74 bits per heavy atom. The monoisotopic (exact) mass is 310 g/mol. The third-order valence-electron chi connectivity index (χ3n) is 3.13. The van der Waals surface area contributed by atoms with Crippen LogP contribution >= 0.6 is 0 Å². The van der Waals surface area contributed by atoms with Crippen LogP contribution in [-0.2, 0) is 6.42 Å². The van der Waals surface area contributed by atoms with Gasteiger partial charge in [-0.3, -0.25) is 15.1 Å². The first-order valence-electron chi connectivity index (χ1n) is 6.91. The van der Waals surface area contributed by atoms with E-state index in [-0.39, 0.29) is 11.9 Å². The van der Waals surface area contributed by atoms with E-state index in [0.717, 1.165) is 11.3 Å². The van der Waals surface area contributed by atoms with Gasteiger partial charge in [-0.15, -0.1) is 5.10 Å². The normalized spacial score (nSPS) is 10.3. The molecule has 1 amide bonds. The predicted octanol–water partition coefficient (Wildman–Crippen LogP) is 2.32. The van der Waals surface area contributed by atoms with E-state index in [1.54, 1.807) is 25.4 Å². The molecule has 3 aromatic rings. The van der Waals surface area contributed by atoms with Gasteiger partial charge in [-0.05, 0) is 29.8 Å². The first-order chi connectivity index (χ1) is 11.2. The molecule has 0 spiro atoms. The van der Waals surface area contributed by atoms with Crippen molar-refractivity contribution in [1.82, 2.24) is 15.2 Å². The van der Waals surface area contributed by atoms with Gasteiger partial charge in [-0.1, -0.05) is 17.2 Å². The highest BCUT2D eigenvalue weighted by atomic mass is 16.5. The number of anilines is 1. The number of carbonyl (C=O) groups excluding carboxylic acids is 1. The van der Waals surface area contributed by atoms with Crippen molar-refractivity contribution in [1.29, 1.82) is 0 Å². The topological polar surface area (TPSA) is 90.1 Å². The molecule has 23 heavy (non-hydrogen) atoms. The van der Waals surface area contributed by atoms with Crippen LogP contribution in [0, 0.1) is 0 Å². The molecule has 0 aliphatic carbocycles. The maximum Gasteiger partial charge on any atom is 0.322 e. The standard InChI is InChI=1S/C16H14N4O3/c1-22-13-6-4-11(5-7-13)9-14-19-20-16(23-14)18-15(21)12-3-2-8-17-10-12/h2-8,10H,9H2,1H3,(H,18,20,21). The van der Waals surface area contributed by atoms with Crippen molar-refractivity contribution < 1.29 is 13.9 Å². The quantitative estimate of drug-likeness (QED) is 0.777. The van der Waals surface area contributed by atoms with Gasteiger partial charge >= 0.3 is 6.01 Å². The molecular weight excluding hydrogens is 296 g/mol. The highest BCUT2D eigenvalue weighted by Gasteiger charge is 2.12. The highest BCUT2D eigenvalue weighted by molar-refractivity contribution is 6.02. The number of hydrogen-bond donors (Lipinski definition) is 1. The van der Waals surface area contributed by atoms with Crippen molar-refractivity contribution >= 4 is 11.9 Å². The van der Waals surface area contributed by atoms with Crippen LogP contribution in [0.15, 0.2) is 53.2 Å². The Hall–Kier alpha value is -3.22. The fourth-order valence-electron chi connectivity index (χ4n) is 1.96. The zero-order valence-corrected chi connectivity index (χ0v) is 12.4. The Labute approximate surface area is 132 Å². The molecule has 0 bridgehead atoms. The average molecular weight is 310 g/mol. The highest BCUT2D eigenvalue weighted by Crippen LogP contribution is 2.15. The number of nitrogens with zero attached hydrogens (tertiary/aromatic N) is 3. The van der Waals surface area contributed by atoms with E-state index < -0.39 is 0 Å². The molecule has 0 saturated heterocycles. The largest absolute Gasteiger partial charge is 0.497 e. The van der Waals surface area contributed by atoms with Crippen LogP contribution in [-0.4, -0.2) is 28.2 Å². The van der Waals surface area contributed by atoms with E-state index in [2.05, 4.69) is 20.5 Å². The number of nitrogens with one attached hydrogen (secondary N) is 1. The summed E-state index contributed by atoms with van der Waals surface area (Å²) in [5.74, 6) is 0.845. The summed E-state index contributed by atoms with van der Waals surface area (Å²) in [6.45, 7) is 0. The predicted molar refractivity (Wildman–Crippen MR) is 82.3 cm³/mol. The Kier molecular flexibility index (Phi) is 4.28. The number of hydrogen-bond acceptors (Lipinski definition) is 6. The molecule has 1 aromatic carbocycles. The number of methoxy groups -OCH3 is 1. The van der Waals surface area contributed by atoms with E-state index >= 15 is 0 Å². The SMILES string of the molecule is COc1ccc(Cc2nnc(NC(=O)c3cccnc3)o2)cc1. The number of carbonyl (C=O) groups is 1. The van der Waals surface area contributed by atoms with E-state index in [1.165, 1.54) is 6.20 Å². The lowest BCUT2D eigenvalue weighted by atomic mass is 10.1. The molecular formula is C16H14N4O3. The minimum atomic E-state index is -0.349. The summed E-state index contributed by atoms with van der Waals surface area (Å²) in [5.41, 5.74) is 1.42. The van der Waals surface area contributed by atoms with Crippen LogP contribution in [0.1, 0.15) is 21.8 Å². The van der Waals surface area contributed by atoms with Gasteiger partial charge in [0.1, 0.15) is 5.75 Å². The molecule has 0 fully saturated rings. The molecule has 7 nitrogen and oxygen atoms in total. The second-order valence-corrected chi connectivity index (χ2v) is 4.72. The molecule has 2 heterocycles. The number of pyridine rings is 1. The summed E-state index contributed by atoms with van der Waals surface area (Å²) in [4.78, 5) is 15.8. The molecule has 2 aromatic heterocycles. The summed E-state index contributed by atoms with van der Waals surface area (Å²) in [6.07, 6.45) is 3.53. The van der Waals surface area contributed by atoms with E-state index in [1.807, 2.05) is 24.3 Å². The minimum absolute atomic E-state index is 0.0577. The zero-order valence-electron chi connectivity index (χ0n) is 12.4. The van der Waals surface area contributed by atoms with Crippen LogP contribution < -0.4 is 10.1 Å². The maximum atomic E-state index is 12.0. The fourth-order valence-corrected chi connectivity index (χ4v) is 1.96. The van der Waals surface area contributed by atoms with Gasteiger partial charge in [0, 0.05) is 12.4 Å². The summed E-state index contributed by atoms with van der Waals surface area (Å²) in [6, 6.07) is 10.9. The maximum absolute atomic E-state index is 12.0. The molecule has 0 saturated carbocycles. The molecule has 0 radical (unpaired) electrons. The van der Waals surface area contributed by atoms with E-state index in [0.29, 0.717) is 17.9 Å². The van der Waals surface area contributed by atoms with Gasteiger partial charge < -0.3 is 9.15 Å². The minimum Gasteiger partial charge on any atom is -0.497 e. The van der Waals surface area contributed by atoms with Crippen molar-refractivity contribution in [2.45, 2.75) is 6.42 Å². The van der Waals surface area contributed by atoms with Crippen molar-refractivity contribution in [3.8, 4) is 5.75 Å². The molecule has 0 aliphatic rings. The second kappa shape index (κ2) is 6.69. The second-order valence-electron chi connectivity index (χ2n) is 4.72. The smallest absolute Gasteiger partial charge is 0.322 e. The molecule has 116 valence electrons. The van der Waals surface area contributed by atoms with Crippen LogP contribution in [0.2, 0.25) is 0 Å². The third kappa shape index (κ3) is 3.70. The average Bonchev–Trinajstić information content (AvgIpc) is 3.03. The Morgan fingerprint density at radius 1 is 1.22 bits per heavy atom. The van der Waals surface area contributed by atoms with Crippen LogP contribution in [0.5, 0.6) is 5.75 Å². The number of benzene rings is 1. The molecule has 1 N–H and O–H groups in total. The van der Waals surface area contributed by atoms with Gasteiger partial charge in [0.15, 0.2) is 0 Å². The number of aromatic nitrogens is 3. The van der Waals surface area contributed by atoms with Crippen LogP contribution in [0.4, 0.5) is 6.01 Å². The molecule has 7 heteroatoms. The fraction of sp³-hybridized carbons (Fsp3) is 0.125. The summed E-state index contributed by atoms with van der Waals surface area (Å²) < 4.78 is 10.5. The van der Waals surface area contributed by atoms with E-state index in [4.69, 9.17) is 9.15 Å². The Morgan fingerprint density at radius 2 is 2.04 bits per heavy atom. The number of ether oxygens (including phenoxy) is 1. The van der Waals surface area contributed by atoms with Gasteiger partial charge in [-0.2, -0.15) is 0 Å². The third-order valence-corrected chi connectivity index (χ3v) is 3.13. The van der Waals surface area contributed by atoms with Crippen molar-refractivity contribution in [2.24, 2.45) is 0 Å². The van der Waals surface area contributed by atoms with Crippen LogP contribution in [0.25, 0.3) is 0 Å². The van der Waals surface area contributed by atoms with Gasteiger partial charge in [-0.25, -0.2) is 0 Å². The van der Waals surface area contributed by atoms with Gasteiger partial charge in [0.2, 0.25) is 5.89 Å². The number of rotatable bonds is 5. The van der Waals surface area contributed by atoms with E-state index in [9.17, 15) is 4.79 Å². The van der Waals surface area contributed by atoms with Crippen molar-refractivity contribution in [2.75, 3.05) is 12.4 Å². The Bertz CT molecular complexity index is 785.